The Kier molecular flexibility index (Phi) is 6.30. The van der Waals surface area contributed by atoms with Crippen molar-refractivity contribution in [3.63, 3.8) is 0 Å². The Balaban J connectivity index is 2.57. The Morgan fingerprint density at radius 1 is 1.39 bits per heavy atom. The second-order valence-corrected chi connectivity index (χ2v) is 5.38. The van der Waals surface area contributed by atoms with E-state index >= 15 is 0 Å². The zero-order valence-corrected chi connectivity index (χ0v) is 12.0. The van der Waals surface area contributed by atoms with E-state index in [1.165, 1.54) is 24.8 Å². The van der Waals surface area contributed by atoms with E-state index < -0.39 is 0 Å². The molecule has 1 rings (SSSR count). The number of nitrogens with zero attached hydrogens (tertiary/aromatic N) is 2. The lowest BCUT2D eigenvalue weighted by Crippen LogP contribution is -2.49. The minimum Gasteiger partial charge on any atom is -0.329 e. The van der Waals surface area contributed by atoms with Gasteiger partial charge in [-0.2, -0.15) is 0 Å². The molecule has 3 nitrogen and oxygen atoms in total. The first kappa shape index (κ1) is 15.1. The highest BCUT2D eigenvalue weighted by atomic mass is 15.2. The van der Waals surface area contributed by atoms with Gasteiger partial charge < -0.3 is 5.73 Å². The molecule has 1 unspecified atom stereocenters. The van der Waals surface area contributed by atoms with Gasteiger partial charge in [-0.3, -0.25) is 9.88 Å². The van der Waals surface area contributed by atoms with E-state index in [9.17, 15) is 0 Å². The van der Waals surface area contributed by atoms with E-state index in [-0.39, 0.29) is 5.54 Å². The second-order valence-electron chi connectivity index (χ2n) is 5.38. The van der Waals surface area contributed by atoms with Gasteiger partial charge in [0.25, 0.3) is 0 Å². The number of likely N-dealkylation sites (N-methyl/N-ethyl adjacent to an activating group) is 1. The van der Waals surface area contributed by atoms with Crippen molar-refractivity contribution in [3.05, 3.63) is 30.1 Å². The summed E-state index contributed by atoms with van der Waals surface area (Å²) in [6.45, 7) is 6.11. The molecule has 1 atom stereocenters. The lowest BCUT2D eigenvalue weighted by Gasteiger charge is -2.38. The van der Waals surface area contributed by atoms with Crippen LogP contribution >= 0.6 is 0 Å². The van der Waals surface area contributed by atoms with Gasteiger partial charge in [-0.1, -0.05) is 32.3 Å². The van der Waals surface area contributed by atoms with Crippen LogP contribution in [0.5, 0.6) is 0 Å². The van der Waals surface area contributed by atoms with Gasteiger partial charge in [0.05, 0.1) is 0 Å². The molecule has 0 radical (unpaired) electrons. The Bertz CT molecular complexity index is 326. The number of aromatic nitrogens is 1. The molecular formula is C15H27N3. The van der Waals surface area contributed by atoms with Crippen molar-refractivity contribution in [3.8, 4) is 0 Å². The van der Waals surface area contributed by atoms with Crippen LogP contribution in [0.2, 0.25) is 0 Å². The summed E-state index contributed by atoms with van der Waals surface area (Å²) in [7, 11) is 2.16. The smallest absolute Gasteiger partial charge is 0.0312 e. The van der Waals surface area contributed by atoms with E-state index in [0.717, 1.165) is 13.0 Å². The normalized spacial score (nSPS) is 14.7. The number of hydrogen-bond acceptors (Lipinski definition) is 3. The average Bonchev–Trinajstić information content (AvgIpc) is 2.40. The van der Waals surface area contributed by atoms with E-state index in [2.05, 4.69) is 36.8 Å². The fraction of sp³-hybridized carbons (Fsp3) is 0.667. The SMILES string of the molecule is CCCCCC(C)(CN)N(C)Cc1cccnc1. The third-order valence-corrected chi connectivity index (χ3v) is 3.82. The van der Waals surface area contributed by atoms with Gasteiger partial charge in [-0.05, 0) is 32.0 Å². The van der Waals surface area contributed by atoms with Gasteiger partial charge >= 0.3 is 0 Å². The first-order valence-electron chi connectivity index (χ1n) is 6.92. The molecule has 0 fully saturated rings. The van der Waals surface area contributed by atoms with Gasteiger partial charge in [0, 0.05) is 31.0 Å². The molecule has 0 aliphatic rings. The van der Waals surface area contributed by atoms with Crippen molar-refractivity contribution in [2.45, 2.75) is 51.6 Å². The summed E-state index contributed by atoms with van der Waals surface area (Å²) in [5, 5.41) is 0. The number of unbranched alkanes of at least 4 members (excludes halogenated alkanes) is 2. The van der Waals surface area contributed by atoms with Crippen LogP contribution in [0, 0.1) is 0 Å². The highest BCUT2D eigenvalue weighted by Gasteiger charge is 2.26. The summed E-state index contributed by atoms with van der Waals surface area (Å²) in [6, 6.07) is 4.10. The average molecular weight is 249 g/mol. The summed E-state index contributed by atoms with van der Waals surface area (Å²) in [5.74, 6) is 0. The zero-order chi connectivity index (χ0) is 13.4. The molecule has 0 saturated heterocycles. The number of hydrogen-bond donors (Lipinski definition) is 1. The van der Waals surface area contributed by atoms with Crippen LogP contribution in [0.3, 0.4) is 0 Å². The summed E-state index contributed by atoms with van der Waals surface area (Å²) in [5.41, 5.74) is 7.32. The molecule has 3 heteroatoms. The van der Waals surface area contributed by atoms with Crippen LogP contribution in [0.15, 0.2) is 24.5 Å². The van der Waals surface area contributed by atoms with E-state index in [0.29, 0.717) is 6.54 Å². The fourth-order valence-corrected chi connectivity index (χ4v) is 2.16. The summed E-state index contributed by atoms with van der Waals surface area (Å²) < 4.78 is 0. The van der Waals surface area contributed by atoms with Gasteiger partial charge in [0.15, 0.2) is 0 Å². The minimum absolute atomic E-state index is 0.0883. The lowest BCUT2D eigenvalue weighted by atomic mass is 9.92. The Morgan fingerprint density at radius 3 is 2.72 bits per heavy atom. The molecule has 0 bridgehead atoms. The second kappa shape index (κ2) is 7.49. The van der Waals surface area contributed by atoms with Crippen LogP contribution in [0.25, 0.3) is 0 Å². The van der Waals surface area contributed by atoms with Crippen molar-refractivity contribution in [1.82, 2.24) is 9.88 Å². The molecule has 0 aliphatic carbocycles. The van der Waals surface area contributed by atoms with E-state index in [1.54, 1.807) is 0 Å². The van der Waals surface area contributed by atoms with Crippen molar-refractivity contribution in [1.29, 1.82) is 0 Å². The Hall–Kier alpha value is -0.930. The fourth-order valence-electron chi connectivity index (χ4n) is 2.16. The van der Waals surface area contributed by atoms with Crippen molar-refractivity contribution in [2.24, 2.45) is 5.73 Å². The third-order valence-electron chi connectivity index (χ3n) is 3.82. The number of rotatable bonds is 8. The zero-order valence-electron chi connectivity index (χ0n) is 12.0. The Labute approximate surface area is 111 Å². The molecule has 0 saturated carbocycles. The molecule has 1 aromatic rings. The standard InChI is InChI=1S/C15H27N3/c1-4-5-6-9-15(2,13-16)18(3)12-14-8-7-10-17-11-14/h7-8,10-11H,4-6,9,12-13,16H2,1-3H3. The van der Waals surface area contributed by atoms with Crippen LogP contribution < -0.4 is 5.73 Å². The largest absolute Gasteiger partial charge is 0.329 e. The minimum atomic E-state index is 0.0883. The molecule has 102 valence electrons. The first-order chi connectivity index (χ1) is 8.62. The van der Waals surface area contributed by atoms with Crippen LogP contribution in [0.1, 0.15) is 45.1 Å². The first-order valence-corrected chi connectivity index (χ1v) is 6.92. The molecular weight excluding hydrogens is 222 g/mol. The number of nitrogens with two attached hydrogens (primary N) is 1. The Morgan fingerprint density at radius 2 is 2.17 bits per heavy atom. The van der Waals surface area contributed by atoms with E-state index in [4.69, 9.17) is 5.73 Å². The topological polar surface area (TPSA) is 42.1 Å². The maximum absolute atomic E-state index is 5.99. The predicted molar refractivity (Wildman–Crippen MR) is 77.3 cm³/mol. The highest BCUT2D eigenvalue weighted by Crippen LogP contribution is 2.22. The molecule has 2 N–H and O–H groups in total. The summed E-state index contributed by atoms with van der Waals surface area (Å²) in [6.07, 6.45) is 8.70. The van der Waals surface area contributed by atoms with Crippen LogP contribution in [0.4, 0.5) is 0 Å². The van der Waals surface area contributed by atoms with Crippen LogP contribution in [-0.4, -0.2) is 29.0 Å². The summed E-state index contributed by atoms with van der Waals surface area (Å²) in [4.78, 5) is 6.52. The maximum atomic E-state index is 5.99. The number of pyridine rings is 1. The lowest BCUT2D eigenvalue weighted by molar-refractivity contribution is 0.122. The monoisotopic (exact) mass is 249 g/mol. The van der Waals surface area contributed by atoms with Gasteiger partial charge in [-0.15, -0.1) is 0 Å². The molecule has 18 heavy (non-hydrogen) atoms. The molecule has 0 aromatic carbocycles. The van der Waals surface area contributed by atoms with Crippen molar-refractivity contribution in [2.75, 3.05) is 13.6 Å². The quantitative estimate of drug-likeness (QED) is 0.720. The van der Waals surface area contributed by atoms with Gasteiger partial charge in [0.2, 0.25) is 0 Å². The summed E-state index contributed by atoms with van der Waals surface area (Å²) >= 11 is 0. The third kappa shape index (κ3) is 4.39. The predicted octanol–water partition coefficient (Wildman–Crippen LogP) is 2.81. The molecule has 0 spiro atoms. The molecule has 0 amide bonds. The highest BCUT2D eigenvalue weighted by molar-refractivity contribution is 5.09. The van der Waals surface area contributed by atoms with Crippen molar-refractivity contribution >= 4 is 0 Å². The molecule has 0 aliphatic heterocycles. The molecule has 1 heterocycles. The maximum Gasteiger partial charge on any atom is 0.0312 e. The van der Waals surface area contributed by atoms with Crippen LogP contribution in [-0.2, 0) is 6.54 Å². The van der Waals surface area contributed by atoms with Gasteiger partial charge in [0.1, 0.15) is 0 Å². The van der Waals surface area contributed by atoms with Crippen molar-refractivity contribution < 1.29 is 0 Å². The van der Waals surface area contributed by atoms with E-state index in [1.807, 2.05) is 18.5 Å². The van der Waals surface area contributed by atoms with Gasteiger partial charge in [-0.25, -0.2) is 0 Å². The molecule has 1 aromatic heterocycles.